The van der Waals surface area contributed by atoms with E-state index in [1.165, 1.54) is 4.40 Å². The molecule has 0 fully saturated rings. The summed E-state index contributed by atoms with van der Waals surface area (Å²) in [6.45, 7) is 4.74. The lowest BCUT2D eigenvalue weighted by Crippen LogP contribution is -2.34. The van der Waals surface area contributed by atoms with Crippen molar-refractivity contribution in [2.45, 2.75) is 13.8 Å². The van der Waals surface area contributed by atoms with Crippen LogP contribution >= 0.6 is 11.6 Å². The molecule has 3 aromatic heterocycles. The molecule has 0 spiro atoms. The van der Waals surface area contributed by atoms with E-state index >= 15 is 0 Å². The van der Waals surface area contributed by atoms with Crippen molar-refractivity contribution < 1.29 is 9.53 Å². The maximum absolute atomic E-state index is 13.5. The van der Waals surface area contributed by atoms with E-state index in [4.69, 9.17) is 16.3 Å². The molecule has 3 heterocycles. The smallest absolute Gasteiger partial charge is 0.267 e. The number of ether oxygens (including phenoxy) is 1. The predicted molar refractivity (Wildman–Crippen MR) is 136 cm³/mol. The van der Waals surface area contributed by atoms with Gasteiger partial charge in [0.15, 0.2) is 18.0 Å². The van der Waals surface area contributed by atoms with E-state index in [2.05, 4.69) is 15.4 Å². The fourth-order valence-corrected chi connectivity index (χ4v) is 3.91. The van der Waals surface area contributed by atoms with Crippen LogP contribution < -0.4 is 15.6 Å². The largest absolute Gasteiger partial charge is 0.480 e. The van der Waals surface area contributed by atoms with E-state index < -0.39 is 0 Å². The van der Waals surface area contributed by atoms with E-state index in [0.29, 0.717) is 39.9 Å². The molecule has 0 aliphatic heterocycles. The number of nitrogens with zero attached hydrogens (tertiary/aromatic N) is 5. The number of benzene rings is 1. The third-order valence-corrected chi connectivity index (χ3v) is 5.67. The molecular weight excluding hydrogens is 468 g/mol. The van der Waals surface area contributed by atoms with Gasteiger partial charge in [0.05, 0.1) is 16.9 Å². The first-order valence-corrected chi connectivity index (χ1v) is 11.5. The van der Waals surface area contributed by atoms with Crippen LogP contribution in [0.1, 0.15) is 11.4 Å². The van der Waals surface area contributed by atoms with Crippen molar-refractivity contribution in [1.29, 1.82) is 0 Å². The van der Waals surface area contributed by atoms with Crippen LogP contribution in [0.5, 0.6) is 5.75 Å². The summed E-state index contributed by atoms with van der Waals surface area (Å²) in [7, 11) is 3.86. The van der Waals surface area contributed by atoms with E-state index in [9.17, 15) is 9.59 Å². The SMILES string of the molecule is Cc1nc2c(OCC(=O)NCCN(C)C)cccn2c(=O)c1-c1cc(C)n(-c2cccc(Cl)c2)n1. The molecule has 9 nitrogen and oxygen atoms in total. The Morgan fingerprint density at radius 2 is 1.97 bits per heavy atom. The van der Waals surface area contributed by atoms with E-state index in [1.54, 1.807) is 36.0 Å². The molecule has 4 rings (SSSR count). The average molecular weight is 495 g/mol. The lowest BCUT2D eigenvalue weighted by atomic mass is 10.1. The molecule has 4 aromatic rings. The lowest BCUT2D eigenvalue weighted by Gasteiger charge is -2.13. The van der Waals surface area contributed by atoms with Crippen LogP contribution in [-0.2, 0) is 4.79 Å². The topological polar surface area (TPSA) is 93.8 Å². The number of nitrogens with one attached hydrogen (secondary N) is 1. The lowest BCUT2D eigenvalue weighted by molar-refractivity contribution is -0.123. The van der Waals surface area contributed by atoms with Gasteiger partial charge in [-0.2, -0.15) is 5.10 Å². The van der Waals surface area contributed by atoms with Crippen LogP contribution in [0.4, 0.5) is 0 Å². The number of hydrogen-bond acceptors (Lipinski definition) is 6. The summed E-state index contributed by atoms with van der Waals surface area (Å²) >= 11 is 6.14. The Labute approximate surface area is 207 Å². The Kier molecular flexibility index (Phi) is 7.18. The first kappa shape index (κ1) is 24.4. The number of fused-ring (bicyclic) bond motifs is 1. The van der Waals surface area contributed by atoms with Gasteiger partial charge in [0.25, 0.3) is 11.5 Å². The maximum atomic E-state index is 13.5. The molecular formula is C25H27ClN6O3. The van der Waals surface area contributed by atoms with Crippen LogP contribution in [0.25, 0.3) is 22.6 Å². The fourth-order valence-electron chi connectivity index (χ4n) is 3.73. The second-order valence-electron chi connectivity index (χ2n) is 8.45. The molecule has 0 aliphatic rings. The minimum Gasteiger partial charge on any atom is -0.480 e. The van der Waals surface area contributed by atoms with Crippen LogP contribution in [0.3, 0.4) is 0 Å². The average Bonchev–Trinajstić information content (AvgIpc) is 3.18. The highest BCUT2D eigenvalue weighted by Crippen LogP contribution is 2.24. The normalized spacial score (nSPS) is 11.3. The third-order valence-electron chi connectivity index (χ3n) is 5.44. The molecule has 0 saturated carbocycles. The zero-order valence-corrected chi connectivity index (χ0v) is 20.8. The highest BCUT2D eigenvalue weighted by molar-refractivity contribution is 6.30. The number of rotatable bonds is 8. The number of pyridine rings is 1. The molecule has 35 heavy (non-hydrogen) atoms. The third kappa shape index (κ3) is 5.36. The Morgan fingerprint density at radius 3 is 2.71 bits per heavy atom. The summed E-state index contributed by atoms with van der Waals surface area (Å²) in [6.07, 6.45) is 1.62. The van der Waals surface area contributed by atoms with Gasteiger partial charge in [-0.3, -0.25) is 14.0 Å². The molecule has 182 valence electrons. The number of halogens is 1. The van der Waals surface area contributed by atoms with Crippen molar-refractivity contribution in [3.63, 3.8) is 0 Å². The van der Waals surface area contributed by atoms with Crippen molar-refractivity contribution in [3.8, 4) is 22.7 Å². The Bertz CT molecular complexity index is 1440. The molecule has 0 bridgehead atoms. The van der Waals surface area contributed by atoms with Crippen LogP contribution in [-0.4, -0.2) is 63.8 Å². The van der Waals surface area contributed by atoms with Gasteiger partial charge in [-0.25, -0.2) is 9.67 Å². The zero-order valence-electron chi connectivity index (χ0n) is 20.1. The van der Waals surface area contributed by atoms with Crippen LogP contribution in [0.15, 0.2) is 53.5 Å². The van der Waals surface area contributed by atoms with Crippen molar-refractivity contribution in [3.05, 3.63) is 75.4 Å². The van der Waals surface area contributed by atoms with Gasteiger partial charge in [0.2, 0.25) is 0 Å². The quantitative estimate of drug-likeness (QED) is 0.405. The Balaban J connectivity index is 1.64. The number of carbonyl (C=O) groups excluding carboxylic acids is 1. The van der Waals surface area contributed by atoms with E-state index in [-0.39, 0.29) is 18.1 Å². The first-order valence-electron chi connectivity index (χ1n) is 11.1. The van der Waals surface area contributed by atoms with Crippen molar-refractivity contribution in [2.24, 2.45) is 0 Å². The fraction of sp³-hybridized carbons (Fsp3) is 0.280. The van der Waals surface area contributed by atoms with Gasteiger partial charge in [0.1, 0.15) is 5.69 Å². The zero-order chi connectivity index (χ0) is 25.1. The summed E-state index contributed by atoms with van der Waals surface area (Å²) in [4.78, 5) is 32.2. The molecule has 0 atom stereocenters. The second kappa shape index (κ2) is 10.3. The van der Waals surface area contributed by atoms with Gasteiger partial charge in [-0.05, 0) is 64.3 Å². The van der Waals surface area contributed by atoms with Crippen molar-refractivity contribution in [1.82, 2.24) is 29.4 Å². The molecule has 0 radical (unpaired) electrons. The van der Waals surface area contributed by atoms with Gasteiger partial charge >= 0.3 is 0 Å². The standard InChI is InChI=1S/C25H27ClN6O3/c1-16-13-20(29-32(16)19-8-5-7-18(26)14-19)23-17(2)28-24-21(9-6-11-31(24)25(23)34)35-15-22(33)27-10-12-30(3)4/h5-9,11,13-14H,10,12,15H2,1-4H3,(H,27,33). The van der Waals surface area contributed by atoms with Crippen molar-refractivity contribution in [2.75, 3.05) is 33.8 Å². The Morgan fingerprint density at radius 1 is 1.17 bits per heavy atom. The minimum atomic E-state index is -0.274. The highest BCUT2D eigenvalue weighted by atomic mass is 35.5. The monoisotopic (exact) mass is 494 g/mol. The van der Waals surface area contributed by atoms with Crippen molar-refractivity contribution >= 4 is 23.2 Å². The number of amides is 1. The van der Waals surface area contributed by atoms with Gasteiger partial charge < -0.3 is 15.0 Å². The summed E-state index contributed by atoms with van der Waals surface area (Å²) in [5, 5.41) is 8.06. The summed E-state index contributed by atoms with van der Waals surface area (Å²) in [5.41, 5.74) is 3.13. The van der Waals surface area contributed by atoms with E-state index in [0.717, 1.165) is 17.9 Å². The minimum absolute atomic E-state index is 0.174. The number of carbonyl (C=O) groups is 1. The van der Waals surface area contributed by atoms with Gasteiger partial charge in [0, 0.05) is 30.0 Å². The van der Waals surface area contributed by atoms with Crippen LogP contribution in [0, 0.1) is 13.8 Å². The molecule has 0 aliphatic carbocycles. The summed E-state index contributed by atoms with van der Waals surface area (Å²) in [5.74, 6) is 0.106. The highest BCUT2D eigenvalue weighted by Gasteiger charge is 2.18. The van der Waals surface area contributed by atoms with Crippen LogP contribution in [0.2, 0.25) is 5.02 Å². The number of aromatic nitrogens is 4. The first-order chi connectivity index (χ1) is 16.7. The molecule has 0 unspecified atom stereocenters. The van der Waals surface area contributed by atoms with Gasteiger partial charge in [-0.1, -0.05) is 17.7 Å². The molecule has 1 aromatic carbocycles. The number of aryl methyl sites for hydroxylation is 2. The maximum Gasteiger partial charge on any atom is 0.267 e. The van der Waals surface area contributed by atoms with Gasteiger partial charge in [-0.15, -0.1) is 0 Å². The Hall–Kier alpha value is -3.69. The number of likely N-dealkylation sites (N-methyl/N-ethyl adjacent to an activating group) is 1. The predicted octanol–water partition coefficient (Wildman–Crippen LogP) is 2.87. The second-order valence-corrected chi connectivity index (χ2v) is 8.88. The van der Waals surface area contributed by atoms with E-state index in [1.807, 2.05) is 50.2 Å². The molecule has 1 amide bonds. The molecule has 0 saturated heterocycles. The molecule has 1 N–H and O–H groups in total. The molecule has 10 heteroatoms. The summed E-state index contributed by atoms with van der Waals surface area (Å²) < 4.78 is 8.86. The number of hydrogen-bond donors (Lipinski definition) is 1. The summed E-state index contributed by atoms with van der Waals surface area (Å²) in [6, 6.07) is 12.6.